The van der Waals surface area contributed by atoms with Crippen LogP contribution in [-0.4, -0.2) is 39.4 Å². The number of nitrogens with one attached hydrogen (secondary N) is 1. The van der Waals surface area contributed by atoms with Crippen LogP contribution in [0, 0.1) is 11.6 Å². The van der Waals surface area contributed by atoms with Gasteiger partial charge in [0.15, 0.2) is 0 Å². The molecule has 0 radical (unpaired) electrons. The zero-order valence-electron chi connectivity index (χ0n) is 19.5. The quantitative estimate of drug-likeness (QED) is 0.360. The van der Waals surface area contributed by atoms with Crippen LogP contribution in [0.25, 0.3) is 11.3 Å². The van der Waals surface area contributed by atoms with Crippen LogP contribution in [-0.2, 0) is 11.3 Å². The number of fused-ring (bicyclic) bond motifs is 2. The Labute approximate surface area is 206 Å². The van der Waals surface area contributed by atoms with E-state index in [9.17, 15) is 13.6 Å². The van der Waals surface area contributed by atoms with Crippen molar-refractivity contribution in [3.63, 3.8) is 0 Å². The number of amides is 1. The van der Waals surface area contributed by atoms with Crippen LogP contribution in [0.1, 0.15) is 66.1 Å². The van der Waals surface area contributed by atoms with Crippen LogP contribution in [0.15, 0.2) is 41.1 Å². The molecule has 2 saturated heterocycles. The van der Waals surface area contributed by atoms with E-state index in [1.54, 1.807) is 17.6 Å². The van der Waals surface area contributed by atoms with Gasteiger partial charge in [-0.3, -0.25) is 10.0 Å². The molecule has 0 spiro atoms. The van der Waals surface area contributed by atoms with Crippen LogP contribution in [0.2, 0.25) is 0 Å². The molecule has 6 rings (SSSR count). The summed E-state index contributed by atoms with van der Waals surface area (Å²) in [6.07, 6.45) is 6.99. The minimum Gasteiger partial charge on any atom is -0.373 e. The Morgan fingerprint density at radius 3 is 2.44 bits per heavy atom. The summed E-state index contributed by atoms with van der Waals surface area (Å²) >= 11 is 0. The number of carbonyl (C=O) groups excluding carboxylic acids is 1. The van der Waals surface area contributed by atoms with Gasteiger partial charge in [-0.15, -0.1) is 0 Å². The Balaban J connectivity index is 1.18. The van der Waals surface area contributed by atoms with Crippen LogP contribution in [0.3, 0.4) is 0 Å². The van der Waals surface area contributed by atoms with Gasteiger partial charge in [0.25, 0.3) is 5.91 Å². The van der Waals surface area contributed by atoms with Crippen molar-refractivity contribution >= 4 is 11.7 Å². The largest absolute Gasteiger partial charge is 0.373 e. The Morgan fingerprint density at radius 2 is 1.83 bits per heavy atom. The van der Waals surface area contributed by atoms with Gasteiger partial charge >= 0.3 is 0 Å². The van der Waals surface area contributed by atoms with E-state index in [1.165, 1.54) is 24.4 Å². The molecule has 1 amide bonds. The second kappa shape index (κ2) is 9.25. The highest BCUT2D eigenvalue weighted by Gasteiger charge is 2.42. The molecule has 2 bridgehead atoms. The first-order chi connectivity index (χ1) is 17.5. The number of pyridine rings is 1. The maximum Gasteiger partial charge on any atom is 0.276 e. The van der Waals surface area contributed by atoms with Crippen LogP contribution < -0.4 is 10.4 Å². The van der Waals surface area contributed by atoms with Gasteiger partial charge in [0.05, 0.1) is 23.8 Å². The summed E-state index contributed by atoms with van der Waals surface area (Å²) < 4.78 is 41.0. The molecular formula is C26H26F2N4O4. The smallest absolute Gasteiger partial charge is 0.276 e. The fourth-order valence-electron chi connectivity index (χ4n) is 5.62. The van der Waals surface area contributed by atoms with Gasteiger partial charge in [0, 0.05) is 29.8 Å². The Hall–Kier alpha value is -3.37. The van der Waals surface area contributed by atoms with Crippen molar-refractivity contribution < 1.29 is 28.0 Å². The summed E-state index contributed by atoms with van der Waals surface area (Å²) in [7, 11) is 0. The summed E-state index contributed by atoms with van der Waals surface area (Å²) in [4.78, 5) is 18.3. The molecule has 3 fully saturated rings. The lowest BCUT2D eigenvalue weighted by atomic mass is 9.99. The second-order valence-electron chi connectivity index (χ2n) is 9.79. The standard InChI is InChI=1S/C26H26F2N4O4/c27-20-2-1-3-21(28)23(20)24-19(25(36-31-24)14-4-5-14)13-35-18-10-16-7-8-17(11-18)32(16)22-9-6-15(12-29-22)26(33)30-34/h1-3,6,9,12,14,16-18,34H,4-5,7-8,10-11,13H2,(H,30,33). The SMILES string of the molecule is O=C(NO)c1ccc(N2C3CCC2CC(OCc2c(-c4c(F)cccc4F)noc2C2CC2)C3)nc1. The first kappa shape index (κ1) is 23.1. The normalized spacial score (nSPS) is 23.2. The average Bonchev–Trinajstić information content (AvgIpc) is 3.59. The highest BCUT2D eigenvalue weighted by molar-refractivity contribution is 5.93. The zero-order chi connectivity index (χ0) is 24.8. The first-order valence-corrected chi connectivity index (χ1v) is 12.3. The Morgan fingerprint density at radius 1 is 1.11 bits per heavy atom. The fourth-order valence-corrected chi connectivity index (χ4v) is 5.62. The molecule has 1 saturated carbocycles. The lowest BCUT2D eigenvalue weighted by molar-refractivity contribution is 0.0146. The number of piperidine rings is 1. The molecule has 10 heteroatoms. The van der Waals surface area contributed by atoms with E-state index in [1.807, 2.05) is 0 Å². The van der Waals surface area contributed by atoms with Crippen LogP contribution in [0.4, 0.5) is 14.6 Å². The minimum atomic E-state index is -0.673. The summed E-state index contributed by atoms with van der Waals surface area (Å²) in [5.74, 6) is -0.258. The van der Waals surface area contributed by atoms with Crippen molar-refractivity contribution in [2.24, 2.45) is 0 Å². The number of aromatic nitrogens is 2. The number of hydrogen-bond acceptors (Lipinski definition) is 7. The molecule has 188 valence electrons. The van der Waals surface area contributed by atoms with Crippen LogP contribution in [0.5, 0.6) is 0 Å². The van der Waals surface area contributed by atoms with Crippen LogP contribution >= 0.6 is 0 Å². The fraction of sp³-hybridized carbons (Fsp3) is 0.423. The number of anilines is 1. The number of rotatable bonds is 7. The molecule has 2 aromatic heterocycles. The van der Waals surface area contributed by atoms with E-state index in [0.29, 0.717) is 11.3 Å². The Bertz CT molecular complexity index is 1240. The topological polar surface area (TPSA) is 101 Å². The van der Waals surface area contributed by atoms with Crippen molar-refractivity contribution in [3.8, 4) is 11.3 Å². The van der Waals surface area contributed by atoms with E-state index in [4.69, 9.17) is 14.5 Å². The minimum absolute atomic E-state index is 0.0153. The molecule has 2 N–H and O–H groups in total. The summed E-state index contributed by atoms with van der Waals surface area (Å²) in [5.41, 5.74) is 2.55. The van der Waals surface area contributed by atoms with Crippen molar-refractivity contribution in [2.75, 3.05) is 4.90 Å². The van der Waals surface area contributed by atoms with E-state index >= 15 is 0 Å². The molecule has 3 aliphatic rings. The lowest BCUT2D eigenvalue weighted by Crippen LogP contribution is -2.46. The summed E-state index contributed by atoms with van der Waals surface area (Å²) in [5, 5.41) is 12.9. The molecule has 36 heavy (non-hydrogen) atoms. The highest BCUT2D eigenvalue weighted by Crippen LogP contribution is 2.45. The third-order valence-electron chi connectivity index (χ3n) is 7.50. The molecule has 8 nitrogen and oxygen atoms in total. The van der Waals surface area contributed by atoms with Gasteiger partial charge < -0.3 is 14.2 Å². The number of benzene rings is 1. The zero-order valence-corrected chi connectivity index (χ0v) is 19.5. The number of hydroxylamine groups is 1. The van der Waals surface area contributed by atoms with E-state index in [2.05, 4.69) is 15.0 Å². The third-order valence-corrected chi connectivity index (χ3v) is 7.50. The number of hydrogen-bond donors (Lipinski definition) is 2. The number of halogens is 2. The molecule has 1 aromatic carbocycles. The second-order valence-corrected chi connectivity index (χ2v) is 9.79. The van der Waals surface area contributed by atoms with Gasteiger partial charge in [0.1, 0.15) is 28.9 Å². The third kappa shape index (κ3) is 4.14. The summed E-state index contributed by atoms with van der Waals surface area (Å²) in [6.45, 7) is 0.186. The van der Waals surface area contributed by atoms with Gasteiger partial charge in [-0.25, -0.2) is 19.2 Å². The molecule has 2 aliphatic heterocycles. The summed E-state index contributed by atoms with van der Waals surface area (Å²) in [6, 6.07) is 7.70. The van der Waals surface area contributed by atoms with Gasteiger partial charge in [-0.2, -0.15) is 0 Å². The number of ether oxygens (including phenoxy) is 1. The molecule has 1 aliphatic carbocycles. The molecule has 3 aromatic rings. The predicted octanol–water partition coefficient (Wildman–Crippen LogP) is 4.73. The lowest BCUT2D eigenvalue weighted by Gasteiger charge is -2.39. The van der Waals surface area contributed by atoms with Crippen molar-refractivity contribution in [2.45, 2.75) is 69.2 Å². The molecule has 4 heterocycles. The van der Waals surface area contributed by atoms with Crippen molar-refractivity contribution in [1.82, 2.24) is 15.6 Å². The molecule has 2 unspecified atom stereocenters. The van der Waals surface area contributed by atoms with Crippen molar-refractivity contribution in [3.05, 3.63) is 65.1 Å². The van der Waals surface area contributed by atoms with E-state index in [0.717, 1.165) is 44.3 Å². The van der Waals surface area contributed by atoms with Gasteiger partial charge in [-0.05, 0) is 62.8 Å². The average molecular weight is 497 g/mol. The highest BCUT2D eigenvalue weighted by atomic mass is 19.1. The Kier molecular flexibility index (Phi) is 5.93. The predicted molar refractivity (Wildman–Crippen MR) is 124 cm³/mol. The number of nitrogens with zero attached hydrogens (tertiary/aromatic N) is 3. The van der Waals surface area contributed by atoms with Gasteiger partial charge in [0.2, 0.25) is 0 Å². The van der Waals surface area contributed by atoms with E-state index in [-0.39, 0.29) is 47.5 Å². The maximum absolute atomic E-state index is 14.5. The monoisotopic (exact) mass is 496 g/mol. The molecule has 2 atom stereocenters. The first-order valence-electron chi connectivity index (χ1n) is 12.3. The number of carbonyl (C=O) groups is 1. The van der Waals surface area contributed by atoms with Gasteiger partial charge in [-0.1, -0.05) is 11.2 Å². The van der Waals surface area contributed by atoms with Crippen molar-refractivity contribution in [1.29, 1.82) is 0 Å². The van der Waals surface area contributed by atoms with E-state index < -0.39 is 17.5 Å². The maximum atomic E-state index is 14.5. The molecular weight excluding hydrogens is 470 g/mol.